The minimum Gasteiger partial charge on any atom is -0.309 e. The quantitative estimate of drug-likeness (QED) is 0.382. The first-order valence-electron chi connectivity index (χ1n) is 10.7. The van der Waals surface area contributed by atoms with E-state index >= 15 is 0 Å². The monoisotopic (exact) mass is 431 g/mol. The minimum atomic E-state index is 0.101. The fourth-order valence-corrected chi connectivity index (χ4v) is 4.98. The predicted octanol–water partition coefficient (Wildman–Crippen LogP) is 5.59. The number of amides is 1. The van der Waals surface area contributed by atoms with Gasteiger partial charge in [0.25, 0.3) is 0 Å². The van der Waals surface area contributed by atoms with Crippen LogP contribution in [0.5, 0.6) is 0 Å². The second-order valence-electron chi connectivity index (χ2n) is 8.37. The van der Waals surface area contributed by atoms with E-state index in [9.17, 15) is 4.79 Å². The molecule has 0 fully saturated rings. The molecule has 0 N–H and O–H groups in total. The maximum absolute atomic E-state index is 13.5. The van der Waals surface area contributed by atoms with Crippen molar-refractivity contribution in [3.05, 3.63) is 71.3 Å². The summed E-state index contributed by atoms with van der Waals surface area (Å²) in [5, 5.41) is 3.10. The fraction of sp³-hybridized carbons (Fsp3) is 0.308. The van der Waals surface area contributed by atoms with Gasteiger partial charge in [-0.05, 0) is 74.4 Å². The van der Waals surface area contributed by atoms with Crippen LogP contribution in [-0.4, -0.2) is 43.0 Å². The van der Waals surface area contributed by atoms with Crippen LogP contribution in [0.3, 0.4) is 0 Å². The van der Waals surface area contributed by atoms with E-state index in [4.69, 9.17) is 4.98 Å². The van der Waals surface area contributed by atoms with Gasteiger partial charge in [-0.25, -0.2) is 4.98 Å². The lowest BCUT2D eigenvalue weighted by Crippen LogP contribution is -2.34. The molecule has 5 heteroatoms. The number of nitrogens with zero attached hydrogens (tertiary/aromatic N) is 3. The number of benzene rings is 3. The van der Waals surface area contributed by atoms with E-state index in [2.05, 4.69) is 69.2 Å². The number of aromatic nitrogens is 1. The average Bonchev–Trinajstić information content (AvgIpc) is 3.18. The molecule has 0 bridgehead atoms. The van der Waals surface area contributed by atoms with Gasteiger partial charge >= 0.3 is 0 Å². The van der Waals surface area contributed by atoms with Crippen LogP contribution >= 0.6 is 11.3 Å². The highest BCUT2D eigenvalue weighted by Gasteiger charge is 2.21. The van der Waals surface area contributed by atoms with Crippen molar-refractivity contribution in [2.24, 2.45) is 0 Å². The molecule has 0 spiro atoms. The Hall–Kier alpha value is -2.76. The molecule has 4 nitrogen and oxygen atoms in total. The lowest BCUT2D eigenvalue weighted by Gasteiger charge is -2.21. The lowest BCUT2D eigenvalue weighted by molar-refractivity contribution is -0.118. The summed E-state index contributed by atoms with van der Waals surface area (Å²) in [5.41, 5.74) is 4.49. The highest BCUT2D eigenvalue weighted by Crippen LogP contribution is 2.32. The zero-order valence-electron chi connectivity index (χ0n) is 18.7. The van der Waals surface area contributed by atoms with Gasteiger partial charge in [-0.3, -0.25) is 9.69 Å². The van der Waals surface area contributed by atoms with Gasteiger partial charge in [0.1, 0.15) is 0 Å². The Labute approximate surface area is 188 Å². The van der Waals surface area contributed by atoms with Gasteiger partial charge in [0.2, 0.25) is 5.91 Å². The highest BCUT2D eigenvalue weighted by molar-refractivity contribution is 7.22. The van der Waals surface area contributed by atoms with E-state index in [0.717, 1.165) is 44.6 Å². The van der Waals surface area contributed by atoms with Crippen molar-refractivity contribution in [1.82, 2.24) is 9.88 Å². The molecule has 0 unspecified atom stereocenters. The number of anilines is 1. The van der Waals surface area contributed by atoms with Crippen LogP contribution in [0.25, 0.3) is 21.0 Å². The zero-order valence-corrected chi connectivity index (χ0v) is 19.5. The number of fused-ring (bicyclic) bond motifs is 2. The normalized spacial score (nSPS) is 11.5. The molecule has 0 saturated heterocycles. The summed E-state index contributed by atoms with van der Waals surface area (Å²) in [5.74, 6) is 0.101. The molecular weight excluding hydrogens is 402 g/mol. The largest absolute Gasteiger partial charge is 0.309 e. The molecule has 1 amide bonds. The van der Waals surface area contributed by atoms with Crippen molar-refractivity contribution in [1.29, 1.82) is 0 Å². The SMILES string of the molecule is Cc1ccc2sc(N(CCCN(C)C)C(=O)Cc3cccc4ccccc34)nc2c1C. The summed E-state index contributed by atoms with van der Waals surface area (Å²) in [7, 11) is 4.12. The van der Waals surface area contributed by atoms with Gasteiger partial charge in [-0.15, -0.1) is 0 Å². The first-order valence-corrected chi connectivity index (χ1v) is 11.5. The molecule has 0 aliphatic rings. The van der Waals surface area contributed by atoms with Gasteiger partial charge in [0.15, 0.2) is 5.13 Å². The molecule has 0 saturated carbocycles. The molecule has 160 valence electrons. The molecule has 3 aromatic carbocycles. The van der Waals surface area contributed by atoms with Crippen molar-refractivity contribution >= 4 is 43.4 Å². The third-order valence-electron chi connectivity index (χ3n) is 5.81. The Bertz CT molecular complexity index is 1220. The zero-order chi connectivity index (χ0) is 22.0. The van der Waals surface area contributed by atoms with E-state index < -0.39 is 0 Å². The Morgan fingerprint density at radius 2 is 1.74 bits per heavy atom. The molecule has 0 atom stereocenters. The molecule has 1 aromatic heterocycles. The molecule has 0 radical (unpaired) electrons. The van der Waals surface area contributed by atoms with Crippen LogP contribution in [0.1, 0.15) is 23.1 Å². The van der Waals surface area contributed by atoms with Crippen molar-refractivity contribution in [3.8, 4) is 0 Å². The Balaban J connectivity index is 1.67. The summed E-state index contributed by atoms with van der Waals surface area (Å²) >= 11 is 1.61. The average molecular weight is 432 g/mol. The molecule has 1 heterocycles. The molecule has 4 aromatic rings. The van der Waals surface area contributed by atoms with E-state index in [1.165, 1.54) is 11.1 Å². The number of hydrogen-bond acceptors (Lipinski definition) is 4. The Kier molecular flexibility index (Phi) is 6.35. The van der Waals surface area contributed by atoms with Crippen molar-refractivity contribution < 1.29 is 4.79 Å². The summed E-state index contributed by atoms with van der Waals surface area (Å²) in [6.45, 7) is 5.81. The standard InChI is InChI=1S/C26H29N3OS/c1-18-13-14-23-25(19(18)2)27-26(31-23)29(16-8-15-28(3)4)24(30)17-21-11-7-10-20-9-5-6-12-22(20)21/h5-7,9-14H,8,15-17H2,1-4H3. The molecular formula is C26H29N3OS. The molecule has 0 aliphatic heterocycles. The summed E-state index contributed by atoms with van der Waals surface area (Å²) in [6, 6.07) is 18.7. The topological polar surface area (TPSA) is 36.4 Å². The summed E-state index contributed by atoms with van der Waals surface area (Å²) < 4.78 is 1.13. The van der Waals surface area contributed by atoms with Crippen LogP contribution in [0.15, 0.2) is 54.6 Å². The Morgan fingerprint density at radius 1 is 0.968 bits per heavy atom. The lowest BCUT2D eigenvalue weighted by atomic mass is 10.0. The minimum absolute atomic E-state index is 0.101. The van der Waals surface area contributed by atoms with Gasteiger partial charge in [0.05, 0.1) is 16.6 Å². The number of hydrogen-bond donors (Lipinski definition) is 0. The van der Waals surface area contributed by atoms with Gasteiger partial charge < -0.3 is 4.90 Å². The van der Waals surface area contributed by atoms with E-state index in [0.29, 0.717) is 13.0 Å². The van der Waals surface area contributed by atoms with Crippen LogP contribution in [0, 0.1) is 13.8 Å². The van der Waals surface area contributed by atoms with Gasteiger partial charge in [-0.2, -0.15) is 0 Å². The summed E-state index contributed by atoms with van der Waals surface area (Å²) in [4.78, 5) is 22.5. The first kappa shape index (κ1) is 21.5. The van der Waals surface area contributed by atoms with Crippen LogP contribution in [-0.2, 0) is 11.2 Å². The number of rotatable bonds is 7. The van der Waals surface area contributed by atoms with Gasteiger partial charge in [-0.1, -0.05) is 59.9 Å². The molecule has 4 rings (SSSR count). The second-order valence-corrected chi connectivity index (χ2v) is 9.38. The van der Waals surface area contributed by atoms with E-state index in [-0.39, 0.29) is 5.91 Å². The van der Waals surface area contributed by atoms with Crippen LogP contribution in [0.2, 0.25) is 0 Å². The number of carbonyl (C=O) groups is 1. The highest BCUT2D eigenvalue weighted by atomic mass is 32.1. The molecule has 0 aliphatic carbocycles. The number of thiazole rings is 1. The summed E-state index contributed by atoms with van der Waals surface area (Å²) in [6.07, 6.45) is 1.28. The third kappa shape index (κ3) is 4.63. The van der Waals surface area contributed by atoms with Gasteiger partial charge in [0, 0.05) is 6.54 Å². The fourth-order valence-electron chi connectivity index (χ4n) is 3.91. The number of aryl methyl sites for hydroxylation is 2. The predicted molar refractivity (Wildman–Crippen MR) is 132 cm³/mol. The van der Waals surface area contributed by atoms with E-state index in [1.807, 2.05) is 23.1 Å². The Morgan fingerprint density at radius 3 is 2.55 bits per heavy atom. The van der Waals surface area contributed by atoms with Crippen LogP contribution in [0.4, 0.5) is 5.13 Å². The maximum atomic E-state index is 13.5. The third-order valence-corrected chi connectivity index (χ3v) is 6.86. The van der Waals surface area contributed by atoms with Crippen molar-refractivity contribution in [2.45, 2.75) is 26.7 Å². The second kappa shape index (κ2) is 9.16. The number of carbonyl (C=O) groups excluding carboxylic acids is 1. The first-order chi connectivity index (χ1) is 14.9. The molecule has 31 heavy (non-hydrogen) atoms. The van der Waals surface area contributed by atoms with E-state index in [1.54, 1.807) is 11.3 Å². The van der Waals surface area contributed by atoms with Crippen molar-refractivity contribution in [2.75, 3.05) is 32.1 Å². The maximum Gasteiger partial charge on any atom is 0.233 e. The van der Waals surface area contributed by atoms with Crippen LogP contribution < -0.4 is 4.90 Å². The van der Waals surface area contributed by atoms with Crippen molar-refractivity contribution in [3.63, 3.8) is 0 Å². The smallest absolute Gasteiger partial charge is 0.233 e.